The van der Waals surface area contributed by atoms with Crippen LogP contribution < -0.4 is 5.32 Å². The Kier molecular flexibility index (Phi) is 6.68. The number of ketones is 1. The Morgan fingerprint density at radius 3 is 2.35 bits per heavy atom. The maximum Gasteiger partial charge on any atom is 0.246 e. The molecule has 20 heavy (non-hydrogen) atoms. The van der Waals surface area contributed by atoms with Gasteiger partial charge in [0.05, 0.1) is 12.6 Å². The number of carbonyl (C=O) groups excluding carboxylic acids is 2. The molecule has 0 heterocycles. The fourth-order valence-corrected chi connectivity index (χ4v) is 1.92. The van der Waals surface area contributed by atoms with Crippen molar-refractivity contribution in [3.8, 4) is 0 Å². The molecule has 1 aromatic rings. The Bertz CT molecular complexity index is 457. The summed E-state index contributed by atoms with van der Waals surface area (Å²) < 4.78 is 5.32. The van der Waals surface area contributed by atoms with E-state index in [4.69, 9.17) is 16.3 Å². The third kappa shape index (κ3) is 5.72. The molecule has 4 nitrogen and oxygen atoms in total. The zero-order chi connectivity index (χ0) is 15.1. The van der Waals surface area contributed by atoms with Gasteiger partial charge in [0, 0.05) is 5.02 Å². The van der Waals surface area contributed by atoms with Crippen molar-refractivity contribution < 1.29 is 14.3 Å². The lowest BCUT2D eigenvalue weighted by Gasteiger charge is -2.19. The van der Waals surface area contributed by atoms with Crippen LogP contribution in [0.2, 0.25) is 5.02 Å². The lowest BCUT2D eigenvalue weighted by atomic mass is 10.0. The van der Waals surface area contributed by atoms with E-state index in [0.717, 1.165) is 5.56 Å². The molecule has 0 aliphatic heterocycles. The third-order valence-electron chi connectivity index (χ3n) is 2.84. The van der Waals surface area contributed by atoms with Gasteiger partial charge >= 0.3 is 0 Å². The van der Waals surface area contributed by atoms with Gasteiger partial charge in [0.1, 0.15) is 6.61 Å². The normalized spacial score (nSPS) is 12.2. The summed E-state index contributed by atoms with van der Waals surface area (Å²) in [5.74, 6) is -0.272. The number of hydrogen-bond donors (Lipinski definition) is 1. The highest BCUT2D eigenvalue weighted by Crippen LogP contribution is 2.10. The molecule has 1 atom stereocenters. The van der Waals surface area contributed by atoms with Crippen LogP contribution in [0.5, 0.6) is 0 Å². The van der Waals surface area contributed by atoms with Crippen molar-refractivity contribution in [2.75, 3.05) is 6.61 Å². The molecule has 1 rings (SSSR count). The van der Waals surface area contributed by atoms with Crippen molar-refractivity contribution >= 4 is 23.3 Å². The molecule has 1 aromatic carbocycles. The molecule has 1 amide bonds. The molecule has 110 valence electrons. The van der Waals surface area contributed by atoms with Gasteiger partial charge in [-0.05, 0) is 30.5 Å². The SMILES string of the molecule is CC(=O)C(NC(=O)COCc1ccc(Cl)cc1)C(C)C. The molecule has 1 unspecified atom stereocenters. The van der Waals surface area contributed by atoms with Crippen LogP contribution in [0.4, 0.5) is 0 Å². The summed E-state index contributed by atoms with van der Waals surface area (Å²) >= 11 is 5.78. The lowest BCUT2D eigenvalue weighted by molar-refractivity contribution is -0.131. The minimum Gasteiger partial charge on any atom is -0.367 e. The number of hydrogen-bond acceptors (Lipinski definition) is 3. The Morgan fingerprint density at radius 2 is 1.85 bits per heavy atom. The number of carbonyl (C=O) groups is 2. The van der Waals surface area contributed by atoms with Gasteiger partial charge in [0.25, 0.3) is 0 Å². The first kappa shape index (κ1) is 16.7. The smallest absolute Gasteiger partial charge is 0.246 e. The van der Waals surface area contributed by atoms with Crippen LogP contribution in [0.1, 0.15) is 26.3 Å². The molecule has 0 saturated carbocycles. The van der Waals surface area contributed by atoms with Crippen LogP contribution in [0.25, 0.3) is 0 Å². The van der Waals surface area contributed by atoms with E-state index in [1.807, 2.05) is 26.0 Å². The van der Waals surface area contributed by atoms with Crippen LogP contribution in [0.15, 0.2) is 24.3 Å². The van der Waals surface area contributed by atoms with Crippen LogP contribution in [-0.2, 0) is 20.9 Å². The largest absolute Gasteiger partial charge is 0.367 e. The van der Waals surface area contributed by atoms with Crippen molar-refractivity contribution in [1.82, 2.24) is 5.32 Å². The number of benzene rings is 1. The molecule has 0 aliphatic rings. The highest BCUT2D eigenvalue weighted by atomic mass is 35.5. The van der Waals surface area contributed by atoms with Gasteiger partial charge in [-0.15, -0.1) is 0 Å². The fourth-order valence-electron chi connectivity index (χ4n) is 1.80. The second-order valence-electron chi connectivity index (χ2n) is 5.02. The zero-order valence-electron chi connectivity index (χ0n) is 12.0. The maximum absolute atomic E-state index is 11.7. The quantitative estimate of drug-likeness (QED) is 0.841. The van der Waals surface area contributed by atoms with Crippen molar-refractivity contribution in [2.45, 2.75) is 33.4 Å². The third-order valence-corrected chi connectivity index (χ3v) is 3.09. The highest BCUT2D eigenvalue weighted by Gasteiger charge is 2.20. The van der Waals surface area contributed by atoms with Crippen molar-refractivity contribution in [2.24, 2.45) is 5.92 Å². The van der Waals surface area contributed by atoms with Crippen LogP contribution in [0.3, 0.4) is 0 Å². The van der Waals surface area contributed by atoms with Crippen molar-refractivity contribution in [3.63, 3.8) is 0 Å². The van der Waals surface area contributed by atoms with Crippen LogP contribution >= 0.6 is 11.6 Å². The van der Waals surface area contributed by atoms with Gasteiger partial charge in [-0.3, -0.25) is 9.59 Å². The van der Waals surface area contributed by atoms with Gasteiger partial charge < -0.3 is 10.1 Å². The van der Waals surface area contributed by atoms with Crippen molar-refractivity contribution in [3.05, 3.63) is 34.9 Å². The molecular weight excluding hydrogens is 278 g/mol. The van der Waals surface area contributed by atoms with Gasteiger partial charge in [-0.2, -0.15) is 0 Å². The summed E-state index contributed by atoms with van der Waals surface area (Å²) in [5.41, 5.74) is 0.939. The fraction of sp³-hybridized carbons (Fsp3) is 0.467. The van der Waals surface area contributed by atoms with Crippen LogP contribution in [-0.4, -0.2) is 24.3 Å². The number of rotatable bonds is 7. The summed E-state index contributed by atoms with van der Waals surface area (Å²) in [7, 11) is 0. The molecule has 0 spiro atoms. The van der Waals surface area contributed by atoms with Crippen LogP contribution in [0, 0.1) is 5.92 Å². The Morgan fingerprint density at radius 1 is 1.25 bits per heavy atom. The minimum atomic E-state index is -0.457. The van der Waals surface area contributed by atoms with E-state index < -0.39 is 6.04 Å². The predicted molar refractivity (Wildman–Crippen MR) is 78.6 cm³/mol. The molecule has 1 N–H and O–H groups in total. The zero-order valence-corrected chi connectivity index (χ0v) is 12.7. The number of halogens is 1. The van der Waals surface area contributed by atoms with E-state index in [2.05, 4.69) is 5.32 Å². The molecule has 0 saturated heterocycles. The lowest BCUT2D eigenvalue weighted by Crippen LogP contribution is -2.44. The standard InChI is InChI=1S/C15H20ClNO3/c1-10(2)15(11(3)18)17-14(19)9-20-8-12-4-6-13(16)7-5-12/h4-7,10,15H,8-9H2,1-3H3,(H,17,19). The van der Waals surface area contributed by atoms with E-state index in [1.165, 1.54) is 6.92 Å². The first-order valence-electron chi connectivity index (χ1n) is 6.52. The number of ether oxygens (including phenoxy) is 1. The Labute approximate surface area is 124 Å². The number of amides is 1. The summed E-state index contributed by atoms with van der Waals surface area (Å²) in [6, 6.07) is 6.76. The average molecular weight is 298 g/mol. The van der Waals surface area contributed by atoms with Gasteiger partial charge in [0.15, 0.2) is 5.78 Å². The first-order chi connectivity index (χ1) is 9.40. The summed E-state index contributed by atoms with van der Waals surface area (Å²) in [6.45, 7) is 5.51. The number of Topliss-reactive ketones (excluding diaryl/α,β-unsaturated/α-hetero) is 1. The van der Waals surface area contributed by atoms with Gasteiger partial charge in [-0.1, -0.05) is 37.6 Å². The molecule has 0 aliphatic carbocycles. The second-order valence-corrected chi connectivity index (χ2v) is 5.46. The summed E-state index contributed by atoms with van der Waals surface area (Å²) in [4.78, 5) is 23.1. The van der Waals surface area contributed by atoms with E-state index in [-0.39, 0.29) is 24.2 Å². The van der Waals surface area contributed by atoms with E-state index in [1.54, 1.807) is 12.1 Å². The Balaban J connectivity index is 2.36. The highest BCUT2D eigenvalue weighted by molar-refractivity contribution is 6.30. The first-order valence-corrected chi connectivity index (χ1v) is 6.90. The number of nitrogens with one attached hydrogen (secondary N) is 1. The average Bonchev–Trinajstić information content (AvgIpc) is 2.37. The van der Waals surface area contributed by atoms with Crippen molar-refractivity contribution in [1.29, 1.82) is 0 Å². The Hall–Kier alpha value is -1.39. The molecule has 0 radical (unpaired) electrons. The second kappa shape index (κ2) is 8.02. The summed E-state index contributed by atoms with van der Waals surface area (Å²) in [5, 5.41) is 3.34. The predicted octanol–water partition coefficient (Wildman–Crippen LogP) is 2.59. The molecule has 0 fully saturated rings. The van der Waals surface area contributed by atoms with E-state index in [9.17, 15) is 9.59 Å². The molecule has 0 bridgehead atoms. The minimum absolute atomic E-state index is 0.0500. The summed E-state index contributed by atoms with van der Waals surface area (Å²) in [6.07, 6.45) is 0. The maximum atomic E-state index is 11.7. The molecule has 5 heteroatoms. The topological polar surface area (TPSA) is 55.4 Å². The molecule has 0 aromatic heterocycles. The van der Waals surface area contributed by atoms with E-state index >= 15 is 0 Å². The van der Waals surface area contributed by atoms with E-state index in [0.29, 0.717) is 11.6 Å². The monoisotopic (exact) mass is 297 g/mol. The van der Waals surface area contributed by atoms with Gasteiger partial charge in [0.2, 0.25) is 5.91 Å². The van der Waals surface area contributed by atoms with Gasteiger partial charge in [-0.25, -0.2) is 0 Å². The molecular formula is C15H20ClNO3.